The molecule has 0 unspecified atom stereocenters. The number of amides is 1. The fourth-order valence-corrected chi connectivity index (χ4v) is 1.41. The standard InChI is InChI=1S/C11H15ClN2O2/c1-8-6-9(12)2-3-10(8)16-7-11(15)14-5-4-13/h2-3,6H,4-5,7,13H2,1H3,(H,14,15). The van der Waals surface area contributed by atoms with Crippen molar-refractivity contribution < 1.29 is 9.53 Å². The average molecular weight is 243 g/mol. The molecule has 0 bridgehead atoms. The van der Waals surface area contributed by atoms with Crippen molar-refractivity contribution in [2.24, 2.45) is 5.73 Å². The summed E-state index contributed by atoms with van der Waals surface area (Å²) in [5, 5.41) is 3.27. The molecule has 16 heavy (non-hydrogen) atoms. The second-order valence-corrected chi connectivity index (χ2v) is 3.77. The first-order valence-corrected chi connectivity index (χ1v) is 5.37. The van der Waals surface area contributed by atoms with E-state index in [1.807, 2.05) is 6.92 Å². The molecule has 1 amide bonds. The lowest BCUT2D eigenvalue weighted by molar-refractivity contribution is -0.123. The Labute approximate surface area is 99.7 Å². The molecule has 4 nitrogen and oxygen atoms in total. The van der Waals surface area contributed by atoms with Crippen LogP contribution in [0.15, 0.2) is 18.2 Å². The molecule has 0 heterocycles. The van der Waals surface area contributed by atoms with Crippen LogP contribution in [-0.4, -0.2) is 25.6 Å². The molecule has 0 aromatic heterocycles. The molecule has 0 atom stereocenters. The summed E-state index contributed by atoms with van der Waals surface area (Å²) in [5.74, 6) is 0.479. The summed E-state index contributed by atoms with van der Waals surface area (Å²) in [4.78, 5) is 11.2. The molecule has 0 saturated carbocycles. The Kier molecular flexibility index (Phi) is 5.08. The van der Waals surface area contributed by atoms with Gasteiger partial charge in [0.2, 0.25) is 0 Å². The number of hydrogen-bond donors (Lipinski definition) is 2. The third-order valence-corrected chi connectivity index (χ3v) is 2.20. The Hall–Kier alpha value is -1.26. The summed E-state index contributed by atoms with van der Waals surface area (Å²) in [5.41, 5.74) is 6.16. The number of hydrogen-bond acceptors (Lipinski definition) is 3. The fraction of sp³-hybridized carbons (Fsp3) is 0.364. The Morgan fingerprint density at radius 2 is 2.31 bits per heavy atom. The molecule has 88 valence electrons. The number of carbonyl (C=O) groups is 1. The Morgan fingerprint density at radius 1 is 1.56 bits per heavy atom. The predicted molar refractivity (Wildman–Crippen MR) is 63.7 cm³/mol. The molecule has 0 saturated heterocycles. The second kappa shape index (κ2) is 6.35. The summed E-state index contributed by atoms with van der Waals surface area (Å²) in [7, 11) is 0. The Balaban J connectivity index is 2.45. The maximum Gasteiger partial charge on any atom is 0.257 e. The highest BCUT2D eigenvalue weighted by molar-refractivity contribution is 6.30. The predicted octanol–water partition coefficient (Wildman–Crippen LogP) is 1.10. The third kappa shape index (κ3) is 4.08. The van der Waals surface area contributed by atoms with Gasteiger partial charge in [0.05, 0.1) is 0 Å². The van der Waals surface area contributed by atoms with Crippen LogP contribution in [0.25, 0.3) is 0 Å². The summed E-state index contributed by atoms with van der Waals surface area (Å²) >= 11 is 5.80. The van der Waals surface area contributed by atoms with E-state index in [9.17, 15) is 4.79 Å². The number of nitrogens with two attached hydrogens (primary N) is 1. The number of ether oxygens (including phenoxy) is 1. The van der Waals surface area contributed by atoms with E-state index in [1.165, 1.54) is 0 Å². The fourth-order valence-electron chi connectivity index (χ4n) is 1.18. The van der Waals surface area contributed by atoms with E-state index in [2.05, 4.69) is 5.32 Å². The minimum absolute atomic E-state index is 0.0114. The lowest BCUT2D eigenvalue weighted by atomic mass is 10.2. The first-order valence-electron chi connectivity index (χ1n) is 4.99. The second-order valence-electron chi connectivity index (χ2n) is 3.34. The monoisotopic (exact) mass is 242 g/mol. The minimum Gasteiger partial charge on any atom is -0.484 e. The molecule has 1 rings (SSSR count). The molecule has 0 radical (unpaired) electrons. The van der Waals surface area contributed by atoms with Gasteiger partial charge in [-0.15, -0.1) is 0 Å². The molecule has 0 aliphatic carbocycles. The SMILES string of the molecule is Cc1cc(Cl)ccc1OCC(=O)NCCN. The zero-order valence-electron chi connectivity index (χ0n) is 9.13. The smallest absolute Gasteiger partial charge is 0.257 e. The molecule has 1 aromatic carbocycles. The lowest BCUT2D eigenvalue weighted by Crippen LogP contribution is -2.32. The van der Waals surface area contributed by atoms with Crippen LogP contribution in [0.2, 0.25) is 5.02 Å². The minimum atomic E-state index is -0.181. The van der Waals surface area contributed by atoms with Gasteiger partial charge in [-0.2, -0.15) is 0 Å². The highest BCUT2D eigenvalue weighted by Gasteiger charge is 2.04. The molecule has 0 aliphatic heterocycles. The van der Waals surface area contributed by atoms with Crippen LogP contribution < -0.4 is 15.8 Å². The van der Waals surface area contributed by atoms with Gasteiger partial charge in [-0.1, -0.05) is 11.6 Å². The van der Waals surface area contributed by atoms with Gasteiger partial charge in [0.25, 0.3) is 5.91 Å². The van der Waals surface area contributed by atoms with Crippen molar-refractivity contribution in [3.63, 3.8) is 0 Å². The third-order valence-electron chi connectivity index (χ3n) is 1.96. The van der Waals surface area contributed by atoms with Crippen molar-refractivity contribution in [1.82, 2.24) is 5.32 Å². The first-order chi connectivity index (χ1) is 7.63. The van der Waals surface area contributed by atoms with Gasteiger partial charge in [0.1, 0.15) is 5.75 Å². The van der Waals surface area contributed by atoms with E-state index in [4.69, 9.17) is 22.1 Å². The van der Waals surface area contributed by atoms with Crippen LogP contribution in [0.5, 0.6) is 5.75 Å². The van der Waals surface area contributed by atoms with Gasteiger partial charge in [0, 0.05) is 18.1 Å². The zero-order valence-corrected chi connectivity index (χ0v) is 9.88. The van der Waals surface area contributed by atoms with Gasteiger partial charge >= 0.3 is 0 Å². The average Bonchev–Trinajstić information content (AvgIpc) is 2.25. The zero-order chi connectivity index (χ0) is 12.0. The summed E-state index contributed by atoms with van der Waals surface area (Å²) in [6.07, 6.45) is 0. The molecule has 3 N–H and O–H groups in total. The van der Waals surface area contributed by atoms with E-state index >= 15 is 0 Å². The van der Waals surface area contributed by atoms with Gasteiger partial charge in [-0.3, -0.25) is 4.79 Å². The molecular formula is C11H15ClN2O2. The molecule has 1 aromatic rings. The van der Waals surface area contributed by atoms with Crippen molar-refractivity contribution in [1.29, 1.82) is 0 Å². The van der Waals surface area contributed by atoms with Crippen molar-refractivity contribution in [3.05, 3.63) is 28.8 Å². The summed E-state index contributed by atoms with van der Waals surface area (Å²) < 4.78 is 5.34. The van der Waals surface area contributed by atoms with Crippen molar-refractivity contribution in [2.75, 3.05) is 19.7 Å². The highest BCUT2D eigenvalue weighted by Crippen LogP contribution is 2.21. The van der Waals surface area contributed by atoms with Gasteiger partial charge in [-0.25, -0.2) is 0 Å². The van der Waals surface area contributed by atoms with E-state index in [1.54, 1.807) is 18.2 Å². The van der Waals surface area contributed by atoms with Crippen molar-refractivity contribution >= 4 is 17.5 Å². The van der Waals surface area contributed by atoms with Crippen molar-refractivity contribution in [3.8, 4) is 5.75 Å². The van der Waals surface area contributed by atoms with E-state index in [0.29, 0.717) is 23.9 Å². The molecule has 5 heteroatoms. The van der Waals surface area contributed by atoms with Gasteiger partial charge in [-0.05, 0) is 30.7 Å². The highest BCUT2D eigenvalue weighted by atomic mass is 35.5. The summed E-state index contributed by atoms with van der Waals surface area (Å²) in [6, 6.07) is 5.25. The number of carbonyl (C=O) groups excluding carboxylic acids is 1. The van der Waals surface area contributed by atoms with Crippen LogP contribution in [0, 0.1) is 6.92 Å². The van der Waals surface area contributed by atoms with Crippen LogP contribution in [0.3, 0.4) is 0 Å². The molecule has 0 spiro atoms. The number of aryl methyl sites for hydroxylation is 1. The van der Waals surface area contributed by atoms with Crippen LogP contribution in [0.1, 0.15) is 5.56 Å². The Bertz CT molecular complexity index is 369. The number of benzene rings is 1. The van der Waals surface area contributed by atoms with Crippen LogP contribution >= 0.6 is 11.6 Å². The van der Waals surface area contributed by atoms with Crippen LogP contribution in [-0.2, 0) is 4.79 Å². The number of nitrogens with one attached hydrogen (secondary N) is 1. The van der Waals surface area contributed by atoms with Gasteiger partial charge in [0.15, 0.2) is 6.61 Å². The Morgan fingerprint density at radius 3 is 2.94 bits per heavy atom. The van der Waals surface area contributed by atoms with E-state index in [-0.39, 0.29) is 12.5 Å². The van der Waals surface area contributed by atoms with Crippen LogP contribution in [0.4, 0.5) is 0 Å². The van der Waals surface area contributed by atoms with Gasteiger partial charge < -0.3 is 15.8 Å². The molecular weight excluding hydrogens is 228 g/mol. The maximum absolute atomic E-state index is 11.2. The lowest BCUT2D eigenvalue weighted by Gasteiger charge is -2.09. The normalized spacial score (nSPS) is 9.94. The quantitative estimate of drug-likeness (QED) is 0.813. The maximum atomic E-state index is 11.2. The molecule has 0 aliphatic rings. The van der Waals surface area contributed by atoms with E-state index < -0.39 is 0 Å². The number of halogens is 1. The first kappa shape index (κ1) is 12.8. The largest absolute Gasteiger partial charge is 0.484 e. The molecule has 0 fully saturated rings. The topological polar surface area (TPSA) is 64.3 Å². The summed E-state index contributed by atoms with van der Waals surface area (Å²) in [6.45, 7) is 2.75. The van der Waals surface area contributed by atoms with Crippen molar-refractivity contribution in [2.45, 2.75) is 6.92 Å². The number of rotatable bonds is 5. The van der Waals surface area contributed by atoms with E-state index in [0.717, 1.165) is 5.56 Å².